The Kier molecular flexibility index (Phi) is 8.88. The van der Waals surface area contributed by atoms with Crippen LogP contribution in [0.4, 0.5) is 0 Å². The molecule has 1 aromatic carbocycles. The van der Waals surface area contributed by atoms with Crippen molar-refractivity contribution >= 4 is 39.6 Å². The maximum absolute atomic E-state index is 11.8. The number of carboxylic acid groups (broad SMARTS) is 1. The fourth-order valence-electron chi connectivity index (χ4n) is 1.50. The number of thioether (sulfide) groups is 1. The van der Waals surface area contributed by atoms with Gasteiger partial charge in [-0.25, -0.2) is 4.79 Å². The average molecular weight is 388 g/mol. The average Bonchev–Trinajstić information content (AvgIpc) is 2.48. The van der Waals surface area contributed by atoms with E-state index in [-0.39, 0.29) is 25.5 Å². The van der Waals surface area contributed by atoms with E-state index in [1.807, 2.05) is 24.3 Å². The summed E-state index contributed by atoms with van der Waals surface area (Å²) in [7, 11) is 0. The SMILES string of the molecule is C=CCOCC(NC(=O)CCSc1ccc(Br)cc1)C(=O)O. The Morgan fingerprint density at radius 1 is 1.41 bits per heavy atom. The van der Waals surface area contributed by atoms with Crippen LogP contribution in [-0.4, -0.2) is 42.0 Å². The highest BCUT2D eigenvalue weighted by molar-refractivity contribution is 9.10. The first-order valence-corrected chi connectivity index (χ1v) is 8.40. The standard InChI is InChI=1S/C15H18BrNO4S/c1-2-8-21-10-13(15(19)20)17-14(18)7-9-22-12-5-3-11(16)4-6-12/h2-6,13H,1,7-10H2,(H,17,18)(H,19,20). The van der Waals surface area contributed by atoms with Crippen LogP contribution in [0.15, 0.2) is 46.3 Å². The van der Waals surface area contributed by atoms with E-state index in [0.717, 1.165) is 9.37 Å². The molecule has 1 rings (SSSR count). The topological polar surface area (TPSA) is 75.6 Å². The molecule has 0 aromatic heterocycles. The maximum Gasteiger partial charge on any atom is 0.328 e. The predicted molar refractivity (Wildman–Crippen MR) is 90.1 cm³/mol. The Bertz CT molecular complexity index is 507. The first-order chi connectivity index (χ1) is 10.5. The van der Waals surface area contributed by atoms with Crippen LogP contribution in [0.3, 0.4) is 0 Å². The minimum atomic E-state index is -1.11. The Balaban J connectivity index is 2.32. The van der Waals surface area contributed by atoms with Crippen molar-refractivity contribution in [1.82, 2.24) is 5.32 Å². The van der Waals surface area contributed by atoms with E-state index in [1.54, 1.807) is 11.8 Å². The normalized spacial score (nSPS) is 11.7. The number of benzene rings is 1. The van der Waals surface area contributed by atoms with Crippen molar-refractivity contribution in [3.8, 4) is 0 Å². The zero-order valence-corrected chi connectivity index (χ0v) is 14.4. The molecule has 1 amide bonds. The molecule has 5 nitrogen and oxygen atoms in total. The van der Waals surface area contributed by atoms with Crippen molar-refractivity contribution in [3.05, 3.63) is 41.4 Å². The number of hydrogen-bond acceptors (Lipinski definition) is 4. The lowest BCUT2D eigenvalue weighted by molar-refractivity contribution is -0.143. The Morgan fingerprint density at radius 3 is 2.68 bits per heavy atom. The Labute approximate surface area is 142 Å². The van der Waals surface area contributed by atoms with Gasteiger partial charge in [-0.05, 0) is 24.3 Å². The van der Waals surface area contributed by atoms with Crippen LogP contribution < -0.4 is 5.32 Å². The molecule has 0 saturated carbocycles. The molecule has 1 unspecified atom stereocenters. The largest absolute Gasteiger partial charge is 0.480 e. The lowest BCUT2D eigenvalue weighted by Crippen LogP contribution is -2.44. The number of nitrogens with one attached hydrogen (secondary N) is 1. The number of hydrogen-bond donors (Lipinski definition) is 2. The summed E-state index contributed by atoms with van der Waals surface area (Å²) in [5.41, 5.74) is 0. The third-order valence-electron chi connectivity index (χ3n) is 2.57. The van der Waals surface area contributed by atoms with Gasteiger partial charge in [0.05, 0.1) is 13.2 Å². The molecule has 0 aliphatic rings. The second-order valence-electron chi connectivity index (χ2n) is 4.34. The second-order valence-corrected chi connectivity index (χ2v) is 6.42. The molecule has 0 heterocycles. The molecule has 0 radical (unpaired) electrons. The molecule has 0 fully saturated rings. The van der Waals surface area contributed by atoms with Crippen molar-refractivity contribution in [1.29, 1.82) is 0 Å². The minimum Gasteiger partial charge on any atom is -0.480 e. The molecule has 1 atom stereocenters. The highest BCUT2D eigenvalue weighted by Crippen LogP contribution is 2.21. The van der Waals surface area contributed by atoms with Crippen LogP contribution in [-0.2, 0) is 14.3 Å². The molecule has 7 heteroatoms. The van der Waals surface area contributed by atoms with Gasteiger partial charge in [0.1, 0.15) is 0 Å². The van der Waals surface area contributed by atoms with E-state index in [1.165, 1.54) is 6.08 Å². The fraction of sp³-hybridized carbons (Fsp3) is 0.333. The summed E-state index contributed by atoms with van der Waals surface area (Å²) in [5.74, 6) is -0.843. The van der Waals surface area contributed by atoms with Crippen LogP contribution in [0.5, 0.6) is 0 Å². The van der Waals surface area contributed by atoms with E-state index < -0.39 is 12.0 Å². The molecule has 0 spiro atoms. The van der Waals surface area contributed by atoms with Crippen molar-refractivity contribution in [2.24, 2.45) is 0 Å². The summed E-state index contributed by atoms with van der Waals surface area (Å²) in [5, 5.41) is 11.5. The van der Waals surface area contributed by atoms with E-state index in [4.69, 9.17) is 9.84 Å². The zero-order valence-electron chi connectivity index (χ0n) is 12.0. The Morgan fingerprint density at radius 2 is 2.09 bits per heavy atom. The summed E-state index contributed by atoms with van der Waals surface area (Å²) in [6, 6.07) is 6.73. The van der Waals surface area contributed by atoms with Gasteiger partial charge in [-0.15, -0.1) is 18.3 Å². The first-order valence-electron chi connectivity index (χ1n) is 6.62. The van der Waals surface area contributed by atoms with Gasteiger partial charge in [-0.3, -0.25) is 4.79 Å². The molecule has 0 aliphatic carbocycles. The van der Waals surface area contributed by atoms with Crippen molar-refractivity contribution < 1.29 is 19.4 Å². The number of ether oxygens (including phenoxy) is 1. The minimum absolute atomic E-state index is 0.0764. The summed E-state index contributed by atoms with van der Waals surface area (Å²) < 4.78 is 6.07. The third kappa shape index (κ3) is 7.63. The van der Waals surface area contributed by atoms with E-state index in [9.17, 15) is 9.59 Å². The van der Waals surface area contributed by atoms with Crippen LogP contribution in [0.1, 0.15) is 6.42 Å². The summed E-state index contributed by atoms with van der Waals surface area (Å²) >= 11 is 4.90. The fourth-order valence-corrected chi connectivity index (χ4v) is 2.62. The summed E-state index contributed by atoms with van der Waals surface area (Å²) in [6.07, 6.45) is 1.77. The highest BCUT2D eigenvalue weighted by Gasteiger charge is 2.19. The number of aliphatic carboxylic acids is 1. The smallest absolute Gasteiger partial charge is 0.328 e. The molecule has 0 bridgehead atoms. The number of amides is 1. The molecular weight excluding hydrogens is 370 g/mol. The number of halogens is 1. The highest BCUT2D eigenvalue weighted by atomic mass is 79.9. The maximum atomic E-state index is 11.8. The predicted octanol–water partition coefficient (Wildman–Crippen LogP) is 2.70. The quantitative estimate of drug-likeness (QED) is 0.366. The number of carbonyl (C=O) groups excluding carboxylic acids is 1. The molecule has 2 N–H and O–H groups in total. The van der Waals surface area contributed by atoms with E-state index >= 15 is 0 Å². The Hall–Kier alpha value is -1.31. The summed E-state index contributed by atoms with van der Waals surface area (Å²) in [4.78, 5) is 23.8. The molecule has 0 aliphatic heterocycles. The second kappa shape index (κ2) is 10.4. The molecular formula is C15H18BrNO4S. The number of carbonyl (C=O) groups is 2. The van der Waals surface area contributed by atoms with Gasteiger partial charge in [-0.1, -0.05) is 22.0 Å². The van der Waals surface area contributed by atoms with Crippen LogP contribution >= 0.6 is 27.7 Å². The van der Waals surface area contributed by atoms with E-state index in [0.29, 0.717) is 5.75 Å². The van der Waals surface area contributed by atoms with Crippen LogP contribution in [0, 0.1) is 0 Å². The molecule has 1 aromatic rings. The lowest BCUT2D eigenvalue weighted by atomic mass is 10.3. The first kappa shape index (κ1) is 18.7. The molecule has 22 heavy (non-hydrogen) atoms. The third-order valence-corrected chi connectivity index (χ3v) is 4.11. The zero-order chi connectivity index (χ0) is 16.4. The van der Waals surface area contributed by atoms with Crippen LogP contribution in [0.2, 0.25) is 0 Å². The van der Waals surface area contributed by atoms with E-state index in [2.05, 4.69) is 27.8 Å². The van der Waals surface area contributed by atoms with Gasteiger partial charge in [0.25, 0.3) is 0 Å². The van der Waals surface area contributed by atoms with Gasteiger partial charge in [0.15, 0.2) is 6.04 Å². The van der Waals surface area contributed by atoms with Crippen LogP contribution in [0.25, 0.3) is 0 Å². The molecule has 0 saturated heterocycles. The number of carboxylic acids is 1. The number of rotatable bonds is 10. The van der Waals surface area contributed by atoms with Gasteiger partial charge in [-0.2, -0.15) is 0 Å². The summed E-state index contributed by atoms with van der Waals surface area (Å²) in [6.45, 7) is 3.65. The van der Waals surface area contributed by atoms with Gasteiger partial charge in [0, 0.05) is 21.5 Å². The van der Waals surface area contributed by atoms with Crippen molar-refractivity contribution in [2.45, 2.75) is 17.4 Å². The monoisotopic (exact) mass is 387 g/mol. The van der Waals surface area contributed by atoms with Crippen molar-refractivity contribution in [3.63, 3.8) is 0 Å². The van der Waals surface area contributed by atoms with Gasteiger partial charge < -0.3 is 15.2 Å². The van der Waals surface area contributed by atoms with Crippen molar-refractivity contribution in [2.75, 3.05) is 19.0 Å². The molecule has 120 valence electrons. The lowest BCUT2D eigenvalue weighted by Gasteiger charge is -2.14. The van der Waals surface area contributed by atoms with Gasteiger partial charge in [0.2, 0.25) is 5.91 Å². The van der Waals surface area contributed by atoms with Gasteiger partial charge >= 0.3 is 5.97 Å².